The van der Waals surface area contributed by atoms with Gasteiger partial charge in [-0.05, 0) is 49.6 Å². The Hall–Kier alpha value is -2.38. The molecule has 6 nitrogen and oxygen atoms in total. The first-order chi connectivity index (χ1) is 13.3. The molecule has 0 saturated carbocycles. The molecule has 0 aliphatic rings. The van der Waals surface area contributed by atoms with E-state index in [2.05, 4.69) is 17.0 Å². The number of hydrogen-bond donors (Lipinski definition) is 2. The molecule has 0 heterocycles. The summed E-state index contributed by atoms with van der Waals surface area (Å²) in [5.74, 6) is 0.293. The van der Waals surface area contributed by atoms with Crippen molar-refractivity contribution in [3.05, 3.63) is 59.7 Å². The molecule has 0 radical (unpaired) electrons. The smallest absolute Gasteiger partial charge is 0.258 e. The Bertz CT molecular complexity index is 883. The molecule has 0 fully saturated rings. The number of ether oxygens (including phenoxy) is 1. The molecule has 0 spiro atoms. The predicted octanol–water partition coefficient (Wildman–Crippen LogP) is 3.16. The van der Waals surface area contributed by atoms with Gasteiger partial charge >= 0.3 is 0 Å². The first-order valence-electron chi connectivity index (χ1n) is 9.38. The van der Waals surface area contributed by atoms with Crippen molar-refractivity contribution in [3.63, 3.8) is 0 Å². The SMILES string of the molecule is CCC[C@@H](C)NC(=O)COc1ccc(S(=O)(=O)NCc2ccccc2)cc1C. The van der Waals surface area contributed by atoms with E-state index in [1.807, 2.05) is 37.3 Å². The van der Waals surface area contributed by atoms with Gasteiger partial charge in [0.1, 0.15) is 5.75 Å². The Morgan fingerprint density at radius 1 is 1.14 bits per heavy atom. The fourth-order valence-corrected chi connectivity index (χ4v) is 3.88. The number of amides is 1. The van der Waals surface area contributed by atoms with Gasteiger partial charge in [0.15, 0.2) is 6.61 Å². The zero-order valence-electron chi connectivity index (χ0n) is 16.6. The molecule has 152 valence electrons. The third-order valence-corrected chi connectivity index (χ3v) is 5.65. The van der Waals surface area contributed by atoms with Gasteiger partial charge in [-0.3, -0.25) is 4.79 Å². The number of carbonyl (C=O) groups is 1. The second kappa shape index (κ2) is 10.2. The first kappa shape index (κ1) is 21.9. The number of nitrogens with one attached hydrogen (secondary N) is 2. The molecule has 0 aromatic heterocycles. The van der Waals surface area contributed by atoms with E-state index >= 15 is 0 Å². The Morgan fingerprint density at radius 2 is 1.86 bits per heavy atom. The van der Waals surface area contributed by atoms with Gasteiger partial charge in [0, 0.05) is 12.6 Å². The van der Waals surface area contributed by atoms with Crippen molar-refractivity contribution in [2.75, 3.05) is 6.61 Å². The quantitative estimate of drug-likeness (QED) is 0.637. The van der Waals surface area contributed by atoms with Gasteiger partial charge in [0.05, 0.1) is 4.90 Å². The maximum atomic E-state index is 12.5. The third kappa shape index (κ3) is 6.65. The van der Waals surface area contributed by atoms with Crippen LogP contribution >= 0.6 is 0 Å². The molecule has 7 heteroatoms. The number of sulfonamides is 1. The van der Waals surface area contributed by atoms with Crippen LogP contribution < -0.4 is 14.8 Å². The Morgan fingerprint density at radius 3 is 2.50 bits per heavy atom. The molecule has 2 aromatic carbocycles. The van der Waals surface area contributed by atoms with Crippen molar-refractivity contribution >= 4 is 15.9 Å². The van der Waals surface area contributed by atoms with E-state index < -0.39 is 10.0 Å². The summed E-state index contributed by atoms with van der Waals surface area (Å²) >= 11 is 0. The molecule has 0 saturated heterocycles. The maximum Gasteiger partial charge on any atom is 0.258 e. The van der Waals surface area contributed by atoms with E-state index in [-0.39, 0.29) is 30.0 Å². The Labute approximate surface area is 167 Å². The average molecular weight is 405 g/mol. The summed E-state index contributed by atoms with van der Waals surface area (Å²) in [7, 11) is -3.64. The van der Waals surface area contributed by atoms with Crippen LogP contribution in [0.5, 0.6) is 5.75 Å². The second-order valence-electron chi connectivity index (χ2n) is 6.78. The molecule has 0 bridgehead atoms. The van der Waals surface area contributed by atoms with Crippen molar-refractivity contribution < 1.29 is 17.9 Å². The van der Waals surface area contributed by atoms with Gasteiger partial charge in [0.25, 0.3) is 5.91 Å². The summed E-state index contributed by atoms with van der Waals surface area (Å²) in [4.78, 5) is 12.1. The van der Waals surface area contributed by atoms with Crippen LogP contribution in [-0.2, 0) is 21.4 Å². The largest absolute Gasteiger partial charge is 0.484 e. The highest BCUT2D eigenvalue weighted by Gasteiger charge is 2.16. The average Bonchev–Trinajstić information content (AvgIpc) is 2.66. The normalized spacial score (nSPS) is 12.4. The fourth-order valence-electron chi connectivity index (χ4n) is 2.77. The zero-order chi connectivity index (χ0) is 20.6. The monoisotopic (exact) mass is 404 g/mol. The predicted molar refractivity (Wildman–Crippen MR) is 110 cm³/mol. The van der Waals surface area contributed by atoms with Crippen LogP contribution in [0.1, 0.15) is 37.8 Å². The lowest BCUT2D eigenvalue weighted by atomic mass is 10.2. The summed E-state index contributed by atoms with van der Waals surface area (Å²) in [5, 5.41) is 2.87. The van der Waals surface area contributed by atoms with Crippen molar-refractivity contribution in [1.29, 1.82) is 0 Å². The van der Waals surface area contributed by atoms with E-state index in [1.165, 1.54) is 6.07 Å². The van der Waals surface area contributed by atoms with Crippen LogP contribution in [0.4, 0.5) is 0 Å². The topological polar surface area (TPSA) is 84.5 Å². The number of carbonyl (C=O) groups excluding carboxylic acids is 1. The number of rotatable bonds is 10. The molecule has 1 amide bonds. The summed E-state index contributed by atoms with van der Waals surface area (Å²) in [5.41, 5.74) is 1.53. The van der Waals surface area contributed by atoms with Gasteiger partial charge in [-0.15, -0.1) is 0 Å². The van der Waals surface area contributed by atoms with Crippen LogP contribution in [-0.4, -0.2) is 27.0 Å². The van der Waals surface area contributed by atoms with Gasteiger partial charge in [0.2, 0.25) is 10.0 Å². The summed E-state index contributed by atoms with van der Waals surface area (Å²) in [6.45, 7) is 5.88. The molecule has 28 heavy (non-hydrogen) atoms. The minimum Gasteiger partial charge on any atom is -0.484 e. The first-order valence-corrected chi connectivity index (χ1v) is 10.9. The lowest BCUT2D eigenvalue weighted by Crippen LogP contribution is -2.36. The van der Waals surface area contributed by atoms with Crippen LogP contribution in [0.25, 0.3) is 0 Å². The molecular formula is C21H28N2O4S. The van der Waals surface area contributed by atoms with Crippen LogP contribution in [0.15, 0.2) is 53.4 Å². The number of benzene rings is 2. The summed E-state index contributed by atoms with van der Waals surface area (Å²) in [6, 6.07) is 14.0. The molecule has 0 unspecified atom stereocenters. The highest BCUT2D eigenvalue weighted by Crippen LogP contribution is 2.22. The van der Waals surface area contributed by atoms with Crippen LogP contribution in [0.2, 0.25) is 0 Å². The highest BCUT2D eigenvalue weighted by atomic mass is 32.2. The molecule has 2 aromatic rings. The highest BCUT2D eigenvalue weighted by molar-refractivity contribution is 7.89. The lowest BCUT2D eigenvalue weighted by molar-refractivity contribution is -0.123. The van der Waals surface area contributed by atoms with Crippen molar-refractivity contribution in [1.82, 2.24) is 10.0 Å². The minimum atomic E-state index is -3.64. The zero-order valence-corrected chi connectivity index (χ0v) is 17.4. The van der Waals surface area contributed by atoms with Crippen LogP contribution in [0, 0.1) is 6.92 Å². The third-order valence-electron chi connectivity index (χ3n) is 4.25. The minimum absolute atomic E-state index is 0.102. The van der Waals surface area contributed by atoms with Gasteiger partial charge in [-0.1, -0.05) is 43.7 Å². The lowest BCUT2D eigenvalue weighted by Gasteiger charge is -2.14. The van der Waals surface area contributed by atoms with Gasteiger partial charge in [-0.2, -0.15) is 0 Å². The summed E-state index contributed by atoms with van der Waals surface area (Å²) in [6.07, 6.45) is 1.91. The van der Waals surface area contributed by atoms with Crippen LogP contribution in [0.3, 0.4) is 0 Å². The molecular weight excluding hydrogens is 376 g/mol. The van der Waals surface area contributed by atoms with E-state index in [1.54, 1.807) is 19.1 Å². The Kier molecular flexibility index (Phi) is 8.02. The molecule has 0 aliphatic carbocycles. The fraction of sp³-hybridized carbons (Fsp3) is 0.381. The van der Waals surface area contributed by atoms with E-state index in [0.29, 0.717) is 11.3 Å². The van der Waals surface area contributed by atoms with E-state index in [0.717, 1.165) is 18.4 Å². The van der Waals surface area contributed by atoms with Crippen molar-refractivity contribution in [3.8, 4) is 5.75 Å². The standard InChI is InChI=1S/C21H28N2O4S/c1-4-8-17(3)23-21(24)15-27-20-12-11-19(13-16(20)2)28(25,26)22-14-18-9-6-5-7-10-18/h5-7,9-13,17,22H,4,8,14-15H2,1-3H3,(H,23,24)/t17-/m1/s1. The van der Waals surface area contributed by atoms with E-state index in [9.17, 15) is 13.2 Å². The number of aryl methyl sites for hydroxylation is 1. The molecule has 0 aliphatic heterocycles. The van der Waals surface area contributed by atoms with Crippen molar-refractivity contribution in [2.45, 2.75) is 51.1 Å². The van der Waals surface area contributed by atoms with Gasteiger partial charge < -0.3 is 10.1 Å². The van der Waals surface area contributed by atoms with Crippen molar-refractivity contribution in [2.24, 2.45) is 0 Å². The molecule has 2 rings (SSSR count). The Balaban J connectivity index is 1.96. The molecule has 1 atom stereocenters. The van der Waals surface area contributed by atoms with Gasteiger partial charge in [-0.25, -0.2) is 13.1 Å². The summed E-state index contributed by atoms with van der Waals surface area (Å²) < 4.78 is 33.1. The van der Waals surface area contributed by atoms with E-state index in [4.69, 9.17) is 4.74 Å². The maximum absolute atomic E-state index is 12.5. The number of hydrogen-bond acceptors (Lipinski definition) is 4. The molecule has 2 N–H and O–H groups in total. The second-order valence-corrected chi connectivity index (χ2v) is 8.55.